The van der Waals surface area contributed by atoms with Crippen molar-refractivity contribution in [2.45, 2.75) is 13.0 Å². The second kappa shape index (κ2) is 3.64. The SMILES string of the molecule is C[C@@H](N)c1cc(Cl)c(Br)cc1O. The Kier molecular flexibility index (Phi) is 2.99. The minimum Gasteiger partial charge on any atom is -0.508 e. The van der Waals surface area contributed by atoms with Crippen LogP contribution in [0.15, 0.2) is 16.6 Å². The Labute approximate surface area is 84.5 Å². The maximum Gasteiger partial charge on any atom is 0.121 e. The van der Waals surface area contributed by atoms with Crippen molar-refractivity contribution in [3.05, 3.63) is 27.2 Å². The molecule has 0 amide bonds. The highest BCUT2D eigenvalue weighted by Crippen LogP contribution is 2.32. The van der Waals surface area contributed by atoms with Crippen LogP contribution < -0.4 is 5.73 Å². The zero-order valence-corrected chi connectivity index (χ0v) is 8.85. The van der Waals surface area contributed by atoms with Gasteiger partial charge in [0.1, 0.15) is 5.75 Å². The van der Waals surface area contributed by atoms with Crippen LogP contribution in [-0.4, -0.2) is 5.11 Å². The number of rotatable bonds is 1. The predicted octanol–water partition coefficient (Wildman–Crippen LogP) is 2.83. The second-order valence-electron chi connectivity index (χ2n) is 2.61. The number of halogens is 2. The van der Waals surface area contributed by atoms with Crippen molar-refractivity contribution in [3.63, 3.8) is 0 Å². The molecule has 0 saturated heterocycles. The van der Waals surface area contributed by atoms with E-state index in [2.05, 4.69) is 15.9 Å². The molecule has 2 nitrogen and oxygen atoms in total. The highest BCUT2D eigenvalue weighted by Gasteiger charge is 2.09. The second-order valence-corrected chi connectivity index (χ2v) is 3.88. The lowest BCUT2D eigenvalue weighted by molar-refractivity contribution is 0.463. The number of hydrogen-bond donors (Lipinski definition) is 2. The topological polar surface area (TPSA) is 46.2 Å². The largest absolute Gasteiger partial charge is 0.508 e. The van der Waals surface area contributed by atoms with Crippen LogP contribution in [-0.2, 0) is 0 Å². The number of benzene rings is 1. The van der Waals surface area contributed by atoms with E-state index in [4.69, 9.17) is 17.3 Å². The molecule has 1 aromatic rings. The van der Waals surface area contributed by atoms with Gasteiger partial charge in [-0.2, -0.15) is 0 Å². The average molecular weight is 251 g/mol. The molecule has 1 aromatic carbocycles. The van der Waals surface area contributed by atoms with Crippen LogP contribution >= 0.6 is 27.5 Å². The molecule has 1 atom stereocenters. The van der Waals surface area contributed by atoms with Crippen molar-refractivity contribution in [1.29, 1.82) is 0 Å². The summed E-state index contributed by atoms with van der Waals surface area (Å²) in [6.45, 7) is 1.79. The molecule has 4 heteroatoms. The zero-order chi connectivity index (χ0) is 9.30. The highest BCUT2D eigenvalue weighted by molar-refractivity contribution is 9.10. The van der Waals surface area contributed by atoms with Gasteiger partial charge in [-0.25, -0.2) is 0 Å². The van der Waals surface area contributed by atoms with Crippen LogP contribution in [0.25, 0.3) is 0 Å². The van der Waals surface area contributed by atoms with Crippen molar-refractivity contribution < 1.29 is 5.11 Å². The monoisotopic (exact) mass is 249 g/mol. The third kappa shape index (κ3) is 1.91. The third-order valence-electron chi connectivity index (χ3n) is 1.56. The Morgan fingerprint density at radius 1 is 1.58 bits per heavy atom. The van der Waals surface area contributed by atoms with Crippen LogP contribution in [0, 0.1) is 0 Å². The minimum atomic E-state index is -0.212. The van der Waals surface area contributed by atoms with Crippen LogP contribution in [0.3, 0.4) is 0 Å². The standard InChI is InChI=1S/C8H9BrClNO/c1-4(11)5-2-7(10)6(9)3-8(5)12/h2-4,12H,11H2,1H3/t4-/m1/s1. The van der Waals surface area contributed by atoms with Crippen molar-refractivity contribution >= 4 is 27.5 Å². The van der Waals surface area contributed by atoms with Gasteiger partial charge in [-0.1, -0.05) is 11.6 Å². The van der Waals surface area contributed by atoms with Crippen LogP contribution in [0.2, 0.25) is 5.02 Å². The van der Waals surface area contributed by atoms with E-state index in [9.17, 15) is 5.11 Å². The fraction of sp³-hybridized carbons (Fsp3) is 0.250. The van der Waals surface area contributed by atoms with E-state index < -0.39 is 0 Å². The lowest BCUT2D eigenvalue weighted by Gasteiger charge is -2.09. The Balaban J connectivity index is 3.23. The molecule has 1 rings (SSSR count). The Morgan fingerprint density at radius 3 is 2.67 bits per heavy atom. The molecular formula is C8H9BrClNO. The quantitative estimate of drug-likeness (QED) is 0.805. The summed E-state index contributed by atoms with van der Waals surface area (Å²) < 4.78 is 0.672. The van der Waals surface area contributed by atoms with Crippen LogP contribution in [0.4, 0.5) is 0 Å². The smallest absolute Gasteiger partial charge is 0.121 e. The maximum absolute atomic E-state index is 9.42. The van der Waals surface area contributed by atoms with Gasteiger partial charge in [-0.3, -0.25) is 0 Å². The number of aromatic hydroxyl groups is 1. The predicted molar refractivity (Wildman–Crippen MR) is 53.4 cm³/mol. The van der Waals surface area contributed by atoms with Crippen molar-refractivity contribution in [3.8, 4) is 5.75 Å². The molecule has 0 bridgehead atoms. The van der Waals surface area contributed by atoms with E-state index in [0.29, 0.717) is 15.1 Å². The van der Waals surface area contributed by atoms with Gasteiger partial charge in [-0.15, -0.1) is 0 Å². The van der Waals surface area contributed by atoms with Gasteiger partial charge in [0.15, 0.2) is 0 Å². The van der Waals surface area contributed by atoms with Crippen molar-refractivity contribution in [2.24, 2.45) is 5.73 Å². The summed E-state index contributed by atoms with van der Waals surface area (Å²) in [5.41, 5.74) is 6.26. The molecule has 0 radical (unpaired) electrons. The zero-order valence-electron chi connectivity index (χ0n) is 6.51. The lowest BCUT2D eigenvalue weighted by atomic mass is 10.1. The first-order valence-electron chi connectivity index (χ1n) is 3.46. The Hall–Kier alpha value is -0.250. The molecule has 66 valence electrons. The van der Waals surface area contributed by atoms with E-state index in [1.807, 2.05) is 0 Å². The summed E-state index contributed by atoms with van der Waals surface area (Å²) in [6.07, 6.45) is 0. The number of nitrogens with two attached hydrogens (primary N) is 1. The molecule has 0 unspecified atom stereocenters. The summed E-state index contributed by atoms with van der Waals surface area (Å²) in [6, 6.07) is 2.99. The third-order valence-corrected chi connectivity index (χ3v) is 2.76. The van der Waals surface area contributed by atoms with Gasteiger partial charge in [0, 0.05) is 16.1 Å². The van der Waals surface area contributed by atoms with Gasteiger partial charge in [0.25, 0.3) is 0 Å². The molecule has 12 heavy (non-hydrogen) atoms. The Bertz CT molecular complexity index is 301. The van der Waals surface area contributed by atoms with Crippen molar-refractivity contribution in [1.82, 2.24) is 0 Å². The van der Waals surface area contributed by atoms with Gasteiger partial charge in [0.05, 0.1) is 5.02 Å². The molecule has 0 aliphatic rings. The van der Waals surface area contributed by atoms with E-state index in [0.717, 1.165) is 0 Å². The van der Waals surface area contributed by atoms with Crippen LogP contribution in [0.1, 0.15) is 18.5 Å². The lowest BCUT2D eigenvalue weighted by Crippen LogP contribution is -2.05. The number of hydrogen-bond acceptors (Lipinski definition) is 2. The van der Waals surface area contributed by atoms with E-state index in [-0.39, 0.29) is 11.8 Å². The molecule has 0 aromatic heterocycles. The summed E-state index contributed by atoms with van der Waals surface area (Å²) in [5.74, 6) is 0.168. The average Bonchev–Trinajstić information content (AvgIpc) is 1.96. The first-order chi connectivity index (χ1) is 5.52. The van der Waals surface area contributed by atoms with E-state index in [1.54, 1.807) is 19.1 Å². The fourth-order valence-corrected chi connectivity index (χ4v) is 1.42. The first-order valence-corrected chi connectivity index (χ1v) is 4.63. The molecule has 0 heterocycles. The summed E-state index contributed by atoms with van der Waals surface area (Å²) in [4.78, 5) is 0. The number of phenolic OH excluding ortho intramolecular Hbond substituents is 1. The molecule has 0 saturated carbocycles. The van der Waals surface area contributed by atoms with E-state index >= 15 is 0 Å². The molecule has 0 fully saturated rings. The summed E-state index contributed by atoms with van der Waals surface area (Å²) in [7, 11) is 0. The van der Waals surface area contributed by atoms with Crippen molar-refractivity contribution in [2.75, 3.05) is 0 Å². The summed E-state index contributed by atoms with van der Waals surface area (Å²) >= 11 is 9.01. The van der Waals surface area contributed by atoms with E-state index in [1.165, 1.54) is 0 Å². The van der Waals surface area contributed by atoms with Gasteiger partial charge in [0.2, 0.25) is 0 Å². The van der Waals surface area contributed by atoms with Gasteiger partial charge < -0.3 is 10.8 Å². The normalized spacial score (nSPS) is 13.0. The minimum absolute atomic E-state index is 0.168. The van der Waals surface area contributed by atoms with Crippen LogP contribution in [0.5, 0.6) is 5.75 Å². The molecule has 0 aliphatic carbocycles. The number of phenols is 1. The molecular weight excluding hydrogens is 241 g/mol. The summed E-state index contributed by atoms with van der Waals surface area (Å²) in [5, 5.41) is 9.97. The Morgan fingerprint density at radius 2 is 2.17 bits per heavy atom. The van der Waals surface area contributed by atoms with Gasteiger partial charge >= 0.3 is 0 Å². The highest BCUT2D eigenvalue weighted by atomic mass is 79.9. The molecule has 3 N–H and O–H groups in total. The maximum atomic E-state index is 9.42. The molecule has 0 aliphatic heterocycles. The fourth-order valence-electron chi connectivity index (χ4n) is 0.916. The van der Waals surface area contributed by atoms with Gasteiger partial charge in [-0.05, 0) is 35.0 Å². The molecule has 0 spiro atoms. The first kappa shape index (κ1) is 9.84.